The van der Waals surface area contributed by atoms with Gasteiger partial charge in [0, 0.05) is 25.9 Å². The highest BCUT2D eigenvalue weighted by Gasteiger charge is 2.34. The van der Waals surface area contributed by atoms with E-state index in [2.05, 4.69) is 11.6 Å². The molecule has 1 aromatic carbocycles. The molecule has 1 amide bonds. The van der Waals surface area contributed by atoms with Crippen molar-refractivity contribution in [1.82, 2.24) is 8.87 Å². The maximum atomic E-state index is 13.1. The van der Waals surface area contributed by atoms with Crippen molar-refractivity contribution in [3.8, 4) is 0 Å². The Morgan fingerprint density at radius 3 is 2.65 bits per heavy atom. The van der Waals surface area contributed by atoms with Crippen LogP contribution in [0.2, 0.25) is 4.34 Å². The zero-order valence-corrected chi connectivity index (χ0v) is 22.2. The van der Waals surface area contributed by atoms with Crippen molar-refractivity contribution in [3.63, 3.8) is 0 Å². The lowest BCUT2D eigenvalue weighted by Crippen LogP contribution is -2.42. The van der Waals surface area contributed by atoms with Gasteiger partial charge < -0.3 is 4.57 Å². The first kappa shape index (κ1) is 25.3. The van der Waals surface area contributed by atoms with Gasteiger partial charge in [-0.1, -0.05) is 29.0 Å². The van der Waals surface area contributed by atoms with Crippen LogP contribution in [-0.4, -0.2) is 51.0 Å². The number of carbonyl (C=O) groups is 1. The maximum absolute atomic E-state index is 13.1. The number of fused-ring (bicyclic) bond motifs is 1. The Labute approximate surface area is 210 Å². The number of benzene rings is 1. The minimum atomic E-state index is -3.74. The Hall–Kier alpha value is -1.83. The smallest absolute Gasteiger partial charge is 0.252 e. The molecule has 1 aliphatic heterocycles. The Kier molecular flexibility index (Phi) is 7.19. The van der Waals surface area contributed by atoms with E-state index in [1.54, 1.807) is 22.8 Å². The molecule has 0 saturated carbocycles. The lowest BCUT2D eigenvalue weighted by Gasteiger charge is -2.29. The first-order valence-corrected chi connectivity index (χ1v) is 15.6. The monoisotopic (exact) mass is 559 g/mol. The fraction of sp³-hybridized carbons (Fsp3) is 0.333. The number of hydrogen-bond acceptors (Lipinski definition) is 7. The lowest BCUT2D eigenvalue weighted by atomic mass is 9.99. The van der Waals surface area contributed by atoms with Gasteiger partial charge in [-0.25, -0.2) is 16.8 Å². The summed E-state index contributed by atoms with van der Waals surface area (Å²) in [5.74, 6) is -0.982. The van der Waals surface area contributed by atoms with Crippen LogP contribution in [-0.2, 0) is 31.2 Å². The number of sulfone groups is 1. The molecule has 1 unspecified atom stereocenters. The molecular weight excluding hydrogens is 538 g/mol. The third kappa shape index (κ3) is 5.07. The van der Waals surface area contributed by atoms with Crippen LogP contribution in [0.1, 0.15) is 12.8 Å². The van der Waals surface area contributed by atoms with Gasteiger partial charge >= 0.3 is 0 Å². The number of thiazole rings is 1. The number of thiophene rings is 1. The molecule has 0 radical (unpaired) electrons. The molecule has 34 heavy (non-hydrogen) atoms. The summed E-state index contributed by atoms with van der Waals surface area (Å²) in [6, 6.07) is 7.79. The second kappa shape index (κ2) is 9.67. The van der Waals surface area contributed by atoms with Gasteiger partial charge in [0.2, 0.25) is 0 Å². The third-order valence-electron chi connectivity index (χ3n) is 5.48. The van der Waals surface area contributed by atoms with Crippen LogP contribution in [0.5, 0.6) is 0 Å². The van der Waals surface area contributed by atoms with Crippen LogP contribution in [0.3, 0.4) is 0 Å². The summed E-state index contributed by atoms with van der Waals surface area (Å²) < 4.78 is 54.1. The molecule has 2 aromatic heterocycles. The molecule has 0 N–H and O–H groups in total. The van der Waals surface area contributed by atoms with Crippen molar-refractivity contribution in [2.75, 3.05) is 19.3 Å². The number of sulfonamides is 1. The predicted octanol–water partition coefficient (Wildman–Crippen LogP) is 3.54. The average molecular weight is 560 g/mol. The van der Waals surface area contributed by atoms with E-state index in [1.807, 2.05) is 0 Å². The van der Waals surface area contributed by atoms with Crippen molar-refractivity contribution >= 4 is 70.3 Å². The molecule has 4 rings (SSSR count). The highest BCUT2D eigenvalue weighted by atomic mass is 35.5. The largest absolute Gasteiger partial charge is 0.313 e. The van der Waals surface area contributed by atoms with Crippen LogP contribution >= 0.6 is 34.3 Å². The zero-order valence-electron chi connectivity index (χ0n) is 18.2. The number of aromatic nitrogens is 1. The summed E-state index contributed by atoms with van der Waals surface area (Å²) in [6.07, 6.45) is 3.88. The third-order valence-corrected chi connectivity index (χ3v) is 11.2. The van der Waals surface area contributed by atoms with Crippen molar-refractivity contribution in [3.05, 3.63) is 52.1 Å². The SMILES string of the molecule is C=CCn1c(=NC(=O)C2CCCN(S(=O)(=O)c3ccc(Cl)s3)C2)sc2cc(S(C)(=O)=O)ccc21. The van der Waals surface area contributed by atoms with E-state index >= 15 is 0 Å². The fourth-order valence-electron chi connectivity index (χ4n) is 3.79. The molecule has 3 heterocycles. The molecule has 1 atom stereocenters. The molecule has 3 aromatic rings. The van der Waals surface area contributed by atoms with Crippen LogP contribution < -0.4 is 4.80 Å². The van der Waals surface area contributed by atoms with E-state index in [4.69, 9.17) is 11.6 Å². The van der Waals surface area contributed by atoms with E-state index in [9.17, 15) is 21.6 Å². The van der Waals surface area contributed by atoms with Gasteiger partial charge in [-0.15, -0.1) is 17.9 Å². The van der Waals surface area contributed by atoms with Crippen LogP contribution in [0.4, 0.5) is 0 Å². The van der Waals surface area contributed by atoms with Crippen molar-refractivity contribution in [2.24, 2.45) is 10.9 Å². The van der Waals surface area contributed by atoms with E-state index in [0.29, 0.717) is 39.8 Å². The maximum Gasteiger partial charge on any atom is 0.252 e. The molecule has 1 fully saturated rings. The van der Waals surface area contributed by atoms with Crippen LogP contribution in [0.25, 0.3) is 10.2 Å². The Bertz CT molecular complexity index is 1550. The fourth-order valence-corrected chi connectivity index (χ4v) is 8.75. The summed E-state index contributed by atoms with van der Waals surface area (Å²) in [6.45, 7) is 4.51. The molecule has 1 saturated heterocycles. The molecule has 0 aliphatic carbocycles. The Balaban J connectivity index is 1.67. The summed E-state index contributed by atoms with van der Waals surface area (Å²) in [7, 11) is -7.12. The summed E-state index contributed by atoms with van der Waals surface area (Å²) in [5.41, 5.74) is 0.742. The number of carbonyl (C=O) groups excluding carboxylic acids is 1. The Morgan fingerprint density at radius 1 is 1.24 bits per heavy atom. The minimum Gasteiger partial charge on any atom is -0.313 e. The number of piperidine rings is 1. The highest BCUT2D eigenvalue weighted by Crippen LogP contribution is 2.31. The van der Waals surface area contributed by atoms with Crippen molar-refractivity contribution in [1.29, 1.82) is 0 Å². The minimum absolute atomic E-state index is 0.0464. The summed E-state index contributed by atoms with van der Waals surface area (Å²) in [4.78, 5) is 18.0. The Morgan fingerprint density at radius 2 is 2.00 bits per heavy atom. The second-order valence-electron chi connectivity index (χ2n) is 7.90. The molecule has 0 bridgehead atoms. The first-order valence-electron chi connectivity index (χ1n) is 10.3. The zero-order chi connectivity index (χ0) is 24.7. The highest BCUT2D eigenvalue weighted by molar-refractivity contribution is 7.91. The molecule has 1 aliphatic rings. The van der Waals surface area contributed by atoms with Crippen LogP contribution in [0, 0.1) is 5.92 Å². The summed E-state index contributed by atoms with van der Waals surface area (Å²) in [5, 5.41) is 0. The van der Waals surface area contributed by atoms with E-state index in [1.165, 1.54) is 33.8 Å². The summed E-state index contributed by atoms with van der Waals surface area (Å²) >= 11 is 8.11. The quantitative estimate of drug-likeness (QED) is 0.429. The van der Waals surface area contributed by atoms with Gasteiger partial charge in [0.05, 0.1) is 25.4 Å². The molecule has 13 heteroatoms. The number of halogens is 1. The van der Waals surface area contributed by atoms with Gasteiger partial charge in [0.1, 0.15) is 4.21 Å². The van der Waals surface area contributed by atoms with Crippen LogP contribution in [0.15, 0.2) is 57.1 Å². The molecule has 0 spiro atoms. The van der Waals surface area contributed by atoms with E-state index in [0.717, 1.165) is 23.1 Å². The van der Waals surface area contributed by atoms with E-state index in [-0.39, 0.29) is 15.6 Å². The van der Waals surface area contributed by atoms with E-state index < -0.39 is 31.7 Å². The predicted molar refractivity (Wildman–Crippen MR) is 135 cm³/mol. The molecule has 8 nitrogen and oxygen atoms in total. The topological polar surface area (TPSA) is 106 Å². The van der Waals surface area contributed by atoms with Gasteiger partial charge in [-0.2, -0.15) is 9.30 Å². The number of nitrogens with zero attached hydrogens (tertiary/aromatic N) is 3. The van der Waals surface area contributed by atoms with Gasteiger partial charge in [0.15, 0.2) is 14.6 Å². The van der Waals surface area contributed by atoms with Crippen molar-refractivity contribution < 1.29 is 21.6 Å². The van der Waals surface area contributed by atoms with Crippen molar-refractivity contribution in [2.45, 2.75) is 28.5 Å². The second-order valence-corrected chi connectivity index (χ2v) is 14.8. The number of rotatable bonds is 6. The van der Waals surface area contributed by atoms with Gasteiger partial charge in [0.25, 0.3) is 15.9 Å². The standard InChI is InChI=1S/C21H22ClN3O5S4/c1-3-10-25-16-7-6-15(33(2,27)28)12-17(16)31-21(25)23-20(26)14-5-4-11-24(13-14)34(29,30)19-9-8-18(22)32-19/h3,6-9,12,14H,1,4-5,10-11,13H2,2H3. The van der Waals surface area contributed by atoms with Gasteiger partial charge in [-0.3, -0.25) is 4.79 Å². The van der Waals surface area contributed by atoms with Gasteiger partial charge in [-0.05, 0) is 43.2 Å². The number of allylic oxidation sites excluding steroid dienone is 1. The normalized spacial score (nSPS) is 18.4. The first-order chi connectivity index (χ1) is 16.0. The number of amides is 1. The number of hydrogen-bond donors (Lipinski definition) is 0. The average Bonchev–Trinajstić information content (AvgIpc) is 3.37. The lowest BCUT2D eigenvalue weighted by molar-refractivity contribution is -0.122. The molecular formula is C21H22ClN3O5S4. The molecule has 182 valence electrons.